The van der Waals surface area contributed by atoms with Crippen LogP contribution in [0.2, 0.25) is 0 Å². The topological polar surface area (TPSA) is 85.8 Å². The van der Waals surface area contributed by atoms with Crippen LogP contribution in [0.25, 0.3) is 5.69 Å². The summed E-state index contributed by atoms with van der Waals surface area (Å²) in [7, 11) is 0. The minimum absolute atomic E-state index is 0.00917. The predicted octanol–water partition coefficient (Wildman–Crippen LogP) is 2.55. The van der Waals surface area contributed by atoms with Crippen LogP contribution in [-0.4, -0.2) is 20.9 Å². The number of carbonyl (C=O) groups excluding carboxylic acids is 1. The van der Waals surface area contributed by atoms with Gasteiger partial charge in [-0.3, -0.25) is 4.79 Å². The number of hydrogen-bond acceptors (Lipinski definition) is 4. The third kappa shape index (κ3) is 3.03. The third-order valence-electron chi connectivity index (χ3n) is 3.30. The minimum atomic E-state index is -0.507. The maximum Gasteiger partial charge on any atom is 0.280 e. The molecule has 0 aliphatic carbocycles. The van der Waals surface area contributed by atoms with Gasteiger partial charge in [0.05, 0.1) is 5.69 Å². The number of hydrogen-bond donors (Lipinski definition) is 2. The van der Waals surface area contributed by atoms with E-state index in [0.717, 1.165) is 5.56 Å². The Bertz CT molecular complexity index is 840. The molecule has 0 saturated carbocycles. The molecule has 7 heteroatoms. The van der Waals surface area contributed by atoms with Crippen LogP contribution in [-0.2, 0) is 0 Å². The van der Waals surface area contributed by atoms with Gasteiger partial charge in [0.15, 0.2) is 11.5 Å². The molecule has 0 bridgehead atoms. The van der Waals surface area contributed by atoms with Crippen molar-refractivity contribution in [3.63, 3.8) is 0 Å². The lowest BCUT2D eigenvalue weighted by Gasteiger charge is -2.05. The monoisotopic (exact) mass is 311 g/mol. The standard InChI is InChI=1S/C16H14FN5O/c1-10-2-8-13(9-3-10)22-15(18)14(20-21-22)16(23)19-12-6-4-11(17)5-7-12/h2-9H,18H2,1H3,(H,19,23). The average molecular weight is 311 g/mol. The lowest BCUT2D eigenvalue weighted by Crippen LogP contribution is -2.15. The lowest BCUT2D eigenvalue weighted by atomic mass is 10.2. The van der Waals surface area contributed by atoms with Gasteiger partial charge in [-0.25, -0.2) is 4.39 Å². The first kappa shape index (κ1) is 14.7. The van der Waals surface area contributed by atoms with E-state index in [9.17, 15) is 9.18 Å². The Morgan fingerprint density at radius 2 is 1.78 bits per heavy atom. The molecule has 2 aromatic carbocycles. The Hall–Kier alpha value is -3.22. The van der Waals surface area contributed by atoms with E-state index in [4.69, 9.17) is 5.73 Å². The molecule has 6 nitrogen and oxygen atoms in total. The second-order valence-corrected chi connectivity index (χ2v) is 5.03. The van der Waals surface area contributed by atoms with Crippen LogP contribution >= 0.6 is 0 Å². The van der Waals surface area contributed by atoms with Gasteiger partial charge in [-0.1, -0.05) is 22.9 Å². The van der Waals surface area contributed by atoms with Gasteiger partial charge >= 0.3 is 0 Å². The van der Waals surface area contributed by atoms with Crippen molar-refractivity contribution in [1.82, 2.24) is 15.0 Å². The number of amides is 1. The first-order valence-corrected chi connectivity index (χ1v) is 6.90. The molecule has 0 unspecified atom stereocenters. The van der Waals surface area contributed by atoms with Crippen LogP contribution < -0.4 is 11.1 Å². The zero-order chi connectivity index (χ0) is 16.4. The second kappa shape index (κ2) is 5.88. The molecule has 3 rings (SSSR count). The van der Waals surface area contributed by atoms with Gasteiger partial charge in [0.2, 0.25) is 0 Å². The van der Waals surface area contributed by atoms with E-state index in [0.29, 0.717) is 11.4 Å². The molecule has 3 N–H and O–H groups in total. The van der Waals surface area contributed by atoms with E-state index in [1.807, 2.05) is 31.2 Å². The summed E-state index contributed by atoms with van der Waals surface area (Å²) in [5.74, 6) is -0.756. The largest absolute Gasteiger partial charge is 0.382 e. The Balaban J connectivity index is 1.85. The van der Waals surface area contributed by atoms with Crippen LogP contribution in [0.1, 0.15) is 16.1 Å². The van der Waals surface area contributed by atoms with Crippen molar-refractivity contribution < 1.29 is 9.18 Å². The highest BCUT2D eigenvalue weighted by Crippen LogP contribution is 2.17. The van der Waals surface area contributed by atoms with Gasteiger partial charge in [-0.05, 0) is 43.3 Å². The zero-order valence-corrected chi connectivity index (χ0v) is 12.3. The summed E-state index contributed by atoms with van der Waals surface area (Å²) in [4.78, 5) is 12.2. The molecule has 0 aliphatic heterocycles. The first-order chi connectivity index (χ1) is 11.0. The van der Waals surface area contributed by atoms with E-state index in [1.165, 1.54) is 28.9 Å². The molecular formula is C16H14FN5O. The van der Waals surface area contributed by atoms with Crippen molar-refractivity contribution in [2.24, 2.45) is 0 Å². The molecule has 0 aliphatic rings. The molecule has 0 saturated heterocycles. The van der Waals surface area contributed by atoms with Crippen molar-refractivity contribution in [2.75, 3.05) is 11.1 Å². The fourth-order valence-corrected chi connectivity index (χ4v) is 2.05. The normalized spacial score (nSPS) is 10.5. The number of nitrogens with two attached hydrogens (primary N) is 1. The summed E-state index contributed by atoms with van der Waals surface area (Å²) in [6.07, 6.45) is 0. The van der Waals surface area contributed by atoms with Gasteiger partial charge < -0.3 is 11.1 Å². The van der Waals surface area contributed by atoms with Gasteiger partial charge in [-0.2, -0.15) is 4.68 Å². The number of aryl methyl sites for hydroxylation is 1. The SMILES string of the molecule is Cc1ccc(-n2nnc(C(=O)Nc3ccc(F)cc3)c2N)cc1. The van der Waals surface area contributed by atoms with E-state index in [1.54, 1.807) is 0 Å². The van der Waals surface area contributed by atoms with E-state index in [-0.39, 0.29) is 17.3 Å². The maximum absolute atomic E-state index is 12.9. The van der Waals surface area contributed by atoms with E-state index >= 15 is 0 Å². The Morgan fingerprint density at radius 3 is 2.43 bits per heavy atom. The summed E-state index contributed by atoms with van der Waals surface area (Å²) in [5.41, 5.74) is 8.23. The summed E-state index contributed by atoms with van der Waals surface area (Å²) in [6.45, 7) is 1.97. The van der Waals surface area contributed by atoms with E-state index < -0.39 is 5.91 Å². The molecule has 0 radical (unpaired) electrons. The van der Waals surface area contributed by atoms with Crippen molar-refractivity contribution in [3.8, 4) is 5.69 Å². The maximum atomic E-state index is 12.9. The van der Waals surface area contributed by atoms with Crippen molar-refractivity contribution in [1.29, 1.82) is 0 Å². The smallest absolute Gasteiger partial charge is 0.280 e. The molecule has 0 atom stereocenters. The predicted molar refractivity (Wildman–Crippen MR) is 84.9 cm³/mol. The van der Waals surface area contributed by atoms with Crippen LogP contribution in [0.4, 0.5) is 15.9 Å². The lowest BCUT2D eigenvalue weighted by molar-refractivity contribution is 0.102. The molecular weight excluding hydrogens is 297 g/mol. The Labute approximate surface area is 131 Å². The number of anilines is 2. The summed E-state index contributed by atoms with van der Waals surface area (Å²) in [5, 5.41) is 10.3. The Morgan fingerprint density at radius 1 is 1.13 bits per heavy atom. The van der Waals surface area contributed by atoms with Crippen LogP contribution in [0, 0.1) is 12.7 Å². The highest BCUT2D eigenvalue weighted by atomic mass is 19.1. The molecule has 0 fully saturated rings. The number of benzene rings is 2. The second-order valence-electron chi connectivity index (χ2n) is 5.03. The van der Waals surface area contributed by atoms with E-state index in [2.05, 4.69) is 15.6 Å². The summed E-state index contributed by atoms with van der Waals surface area (Å²) >= 11 is 0. The van der Waals surface area contributed by atoms with Gasteiger partial charge in [-0.15, -0.1) is 5.10 Å². The fraction of sp³-hybridized carbons (Fsp3) is 0.0625. The van der Waals surface area contributed by atoms with Gasteiger partial charge in [0.25, 0.3) is 5.91 Å². The number of carbonyl (C=O) groups is 1. The van der Waals surface area contributed by atoms with Gasteiger partial charge in [0, 0.05) is 5.69 Å². The highest BCUT2D eigenvalue weighted by molar-refractivity contribution is 6.05. The van der Waals surface area contributed by atoms with Crippen molar-refractivity contribution >= 4 is 17.4 Å². The minimum Gasteiger partial charge on any atom is -0.382 e. The molecule has 1 heterocycles. The fourth-order valence-electron chi connectivity index (χ4n) is 2.05. The van der Waals surface area contributed by atoms with Crippen LogP contribution in [0.3, 0.4) is 0 Å². The van der Waals surface area contributed by atoms with Crippen molar-refractivity contribution in [3.05, 3.63) is 65.6 Å². The number of nitrogens with one attached hydrogen (secondary N) is 1. The summed E-state index contributed by atoms with van der Waals surface area (Å²) < 4.78 is 14.3. The highest BCUT2D eigenvalue weighted by Gasteiger charge is 2.18. The molecule has 23 heavy (non-hydrogen) atoms. The van der Waals surface area contributed by atoms with Gasteiger partial charge in [0.1, 0.15) is 5.82 Å². The quantitative estimate of drug-likeness (QED) is 0.778. The summed E-state index contributed by atoms with van der Waals surface area (Å²) in [6, 6.07) is 12.9. The number of halogens is 1. The number of nitrogens with zero attached hydrogens (tertiary/aromatic N) is 3. The van der Waals surface area contributed by atoms with Crippen LogP contribution in [0.5, 0.6) is 0 Å². The molecule has 1 amide bonds. The average Bonchev–Trinajstić information content (AvgIpc) is 2.92. The molecule has 0 spiro atoms. The number of rotatable bonds is 3. The molecule has 116 valence electrons. The molecule has 3 aromatic rings. The third-order valence-corrected chi connectivity index (χ3v) is 3.30. The molecule has 1 aromatic heterocycles. The zero-order valence-electron chi connectivity index (χ0n) is 12.3. The number of nitrogen functional groups attached to an aromatic ring is 1. The Kier molecular flexibility index (Phi) is 3.76. The van der Waals surface area contributed by atoms with Crippen LogP contribution in [0.15, 0.2) is 48.5 Å². The number of aromatic nitrogens is 3. The van der Waals surface area contributed by atoms with Crippen molar-refractivity contribution in [2.45, 2.75) is 6.92 Å². The first-order valence-electron chi connectivity index (χ1n) is 6.90.